The molecule has 0 amide bonds. The molecule has 38 heavy (non-hydrogen) atoms. The molecule has 3 aliphatic rings. The number of carbonyl (C=O) groups excluding carboxylic acids is 1. The lowest BCUT2D eigenvalue weighted by Crippen LogP contribution is -2.53. The number of ether oxygens (including phenoxy) is 3. The third kappa shape index (κ3) is 3.89. The number of methoxy groups -OCH3 is 1. The van der Waals surface area contributed by atoms with E-state index in [2.05, 4.69) is 0 Å². The Morgan fingerprint density at radius 1 is 1.21 bits per heavy atom. The van der Waals surface area contributed by atoms with E-state index in [1.54, 1.807) is 19.1 Å². The van der Waals surface area contributed by atoms with Crippen molar-refractivity contribution in [3.05, 3.63) is 51.6 Å². The van der Waals surface area contributed by atoms with Crippen LogP contribution in [0, 0.1) is 5.41 Å². The van der Waals surface area contributed by atoms with Gasteiger partial charge in [-0.15, -0.1) is 0 Å². The van der Waals surface area contributed by atoms with Crippen molar-refractivity contribution in [3.63, 3.8) is 0 Å². The molecule has 0 bridgehead atoms. The molecule has 0 spiro atoms. The molecule has 1 aliphatic heterocycles. The van der Waals surface area contributed by atoms with Crippen LogP contribution in [0.3, 0.4) is 0 Å². The third-order valence-corrected chi connectivity index (χ3v) is 8.00. The number of nitrogens with two attached hydrogens (primary N) is 1. The quantitative estimate of drug-likeness (QED) is 0.240. The number of ketones is 1. The summed E-state index contributed by atoms with van der Waals surface area (Å²) >= 11 is 0. The Morgan fingerprint density at radius 2 is 1.92 bits per heavy atom. The van der Waals surface area contributed by atoms with Crippen molar-refractivity contribution in [1.29, 1.82) is 5.41 Å². The van der Waals surface area contributed by atoms with E-state index < -0.39 is 59.6 Å². The van der Waals surface area contributed by atoms with Crippen LogP contribution in [0.5, 0.6) is 17.2 Å². The standard InChI is InChI=1S/C27H32N2O9/c1-10-23(31)14(28)7-17(37-10)38-16-9-27(35,11(2)30)8-13-19(16)26(34)20-21(25(13)33)24(32)12-5-4-6-15(36-3)18(12)22(20)29/h4-6,10-11,14,16-17,23,29-31,33-35H,7-9,28H2,1-3H3/t10-,11?,14-,16?,17+,23+,27?/m0/s1. The van der Waals surface area contributed by atoms with Crippen LogP contribution in [0.15, 0.2) is 18.2 Å². The number of fused-ring (bicyclic) bond motifs is 3. The molecule has 0 saturated carbocycles. The molecule has 2 aromatic rings. The van der Waals surface area contributed by atoms with Gasteiger partial charge in [-0.05, 0) is 19.9 Å². The maximum Gasteiger partial charge on any atom is 0.198 e. The predicted octanol–water partition coefficient (Wildman–Crippen LogP) is 1.01. The van der Waals surface area contributed by atoms with Crippen molar-refractivity contribution < 1.29 is 44.5 Å². The second-order valence-electron chi connectivity index (χ2n) is 10.4. The molecule has 3 unspecified atom stereocenters. The number of aromatic hydroxyl groups is 2. The fourth-order valence-electron chi connectivity index (χ4n) is 5.78. The Balaban J connectivity index is 1.68. The second kappa shape index (κ2) is 9.30. The Hall–Kier alpha value is -3.06. The van der Waals surface area contributed by atoms with Gasteiger partial charge in [-0.25, -0.2) is 0 Å². The van der Waals surface area contributed by atoms with E-state index in [-0.39, 0.29) is 64.1 Å². The monoisotopic (exact) mass is 528 g/mol. The minimum absolute atomic E-state index is 0.0292. The maximum atomic E-state index is 13.6. The number of phenols is 2. The van der Waals surface area contributed by atoms with Crippen LogP contribution >= 0.6 is 0 Å². The van der Waals surface area contributed by atoms with Gasteiger partial charge in [0.25, 0.3) is 0 Å². The van der Waals surface area contributed by atoms with Crippen LogP contribution in [-0.2, 0) is 15.9 Å². The van der Waals surface area contributed by atoms with Gasteiger partial charge in [0.05, 0.1) is 59.5 Å². The molecular formula is C27H32N2O9. The molecule has 0 aromatic heterocycles. The van der Waals surface area contributed by atoms with Gasteiger partial charge in [-0.1, -0.05) is 12.1 Å². The van der Waals surface area contributed by atoms with E-state index in [9.17, 15) is 30.3 Å². The first-order chi connectivity index (χ1) is 17.9. The van der Waals surface area contributed by atoms with Gasteiger partial charge in [0.2, 0.25) is 0 Å². The Kier molecular flexibility index (Phi) is 6.49. The number of carbonyl (C=O) groups is 1. The van der Waals surface area contributed by atoms with Crippen molar-refractivity contribution in [2.24, 2.45) is 5.73 Å². The highest BCUT2D eigenvalue weighted by molar-refractivity contribution is 6.32. The summed E-state index contributed by atoms with van der Waals surface area (Å²) in [7, 11) is 1.40. The van der Waals surface area contributed by atoms with Gasteiger partial charge in [0, 0.05) is 42.0 Å². The number of hydrogen-bond acceptors (Lipinski definition) is 11. The lowest BCUT2D eigenvalue weighted by molar-refractivity contribution is -0.250. The summed E-state index contributed by atoms with van der Waals surface area (Å²) in [5.74, 6) is -1.31. The van der Waals surface area contributed by atoms with Gasteiger partial charge in [-0.3, -0.25) is 10.2 Å². The van der Waals surface area contributed by atoms with Crippen molar-refractivity contribution in [2.45, 2.75) is 75.5 Å². The molecule has 1 fully saturated rings. The molecule has 2 aromatic carbocycles. The maximum absolute atomic E-state index is 13.6. The molecule has 0 radical (unpaired) electrons. The van der Waals surface area contributed by atoms with E-state index >= 15 is 0 Å². The smallest absolute Gasteiger partial charge is 0.198 e. The number of aliphatic hydroxyl groups is 3. The molecule has 7 atom stereocenters. The van der Waals surface area contributed by atoms with Crippen LogP contribution in [0.1, 0.15) is 71.0 Å². The average molecular weight is 529 g/mol. The Morgan fingerprint density at radius 3 is 2.55 bits per heavy atom. The Bertz CT molecular complexity index is 1310. The average Bonchev–Trinajstić information content (AvgIpc) is 2.87. The summed E-state index contributed by atoms with van der Waals surface area (Å²) < 4.78 is 17.3. The van der Waals surface area contributed by atoms with Crippen molar-refractivity contribution in [1.82, 2.24) is 0 Å². The first kappa shape index (κ1) is 26.5. The highest BCUT2D eigenvalue weighted by atomic mass is 16.7. The van der Waals surface area contributed by atoms with Gasteiger partial charge in [0.15, 0.2) is 12.1 Å². The highest BCUT2D eigenvalue weighted by Gasteiger charge is 2.48. The summed E-state index contributed by atoms with van der Waals surface area (Å²) in [5, 5.41) is 63.8. The summed E-state index contributed by atoms with van der Waals surface area (Å²) in [6.07, 6.45) is -5.21. The zero-order valence-electron chi connectivity index (χ0n) is 21.3. The second-order valence-corrected chi connectivity index (χ2v) is 10.4. The number of benzene rings is 2. The van der Waals surface area contributed by atoms with E-state index in [0.29, 0.717) is 0 Å². The van der Waals surface area contributed by atoms with Crippen LogP contribution in [0.4, 0.5) is 0 Å². The largest absolute Gasteiger partial charge is 0.507 e. The SMILES string of the molecule is COc1cccc2c1C(=N)c1c(O)c3c(c(O)c1C2=O)CC(O)(C(C)O)CC3O[C@@H]1C[C@H](N)[C@H](O)[C@H](C)O1. The van der Waals surface area contributed by atoms with E-state index in [1.165, 1.54) is 20.1 Å². The number of phenolic OH excluding ortho intramolecular Hbond substituents is 2. The van der Waals surface area contributed by atoms with Crippen molar-refractivity contribution >= 4 is 11.5 Å². The van der Waals surface area contributed by atoms with Crippen molar-refractivity contribution in [3.8, 4) is 17.2 Å². The predicted molar refractivity (Wildman–Crippen MR) is 134 cm³/mol. The third-order valence-electron chi connectivity index (χ3n) is 8.00. The van der Waals surface area contributed by atoms with Crippen LogP contribution in [0.25, 0.3) is 0 Å². The van der Waals surface area contributed by atoms with Gasteiger partial charge >= 0.3 is 0 Å². The van der Waals surface area contributed by atoms with Gasteiger partial charge in [-0.2, -0.15) is 0 Å². The normalized spacial score (nSPS) is 31.3. The molecule has 11 nitrogen and oxygen atoms in total. The molecule has 5 rings (SSSR count). The van der Waals surface area contributed by atoms with Crippen LogP contribution in [0.2, 0.25) is 0 Å². The van der Waals surface area contributed by atoms with E-state index in [1.807, 2.05) is 0 Å². The number of nitrogens with one attached hydrogen (secondary N) is 1. The van der Waals surface area contributed by atoms with Gasteiger partial charge < -0.3 is 45.5 Å². The van der Waals surface area contributed by atoms with E-state index in [0.717, 1.165) is 0 Å². The number of aliphatic hydroxyl groups excluding tert-OH is 2. The first-order valence-electron chi connectivity index (χ1n) is 12.5. The highest BCUT2D eigenvalue weighted by Crippen LogP contribution is 2.52. The molecular weight excluding hydrogens is 496 g/mol. The van der Waals surface area contributed by atoms with Crippen molar-refractivity contribution in [2.75, 3.05) is 7.11 Å². The summed E-state index contributed by atoms with van der Waals surface area (Å²) in [5.41, 5.74) is 4.03. The topological polar surface area (TPSA) is 196 Å². The fraction of sp³-hybridized carbons (Fsp3) is 0.481. The molecule has 11 heteroatoms. The molecule has 1 heterocycles. The fourth-order valence-corrected chi connectivity index (χ4v) is 5.78. The first-order valence-corrected chi connectivity index (χ1v) is 12.5. The summed E-state index contributed by atoms with van der Waals surface area (Å²) in [6, 6.07) is 4.04. The summed E-state index contributed by atoms with van der Waals surface area (Å²) in [6.45, 7) is 3.03. The molecule has 2 aliphatic carbocycles. The minimum atomic E-state index is -1.77. The number of rotatable bonds is 4. The summed E-state index contributed by atoms with van der Waals surface area (Å²) in [4.78, 5) is 13.6. The minimum Gasteiger partial charge on any atom is -0.507 e. The lowest BCUT2D eigenvalue weighted by Gasteiger charge is -2.44. The van der Waals surface area contributed by atoms with Crippen LogP contribution in [-0.4, -0.2) is 80.4 Å². The zero-order valence-corrected chi connectivity index (χ0v) is 21.3. The molecule has 8 N–H and O–H groups in total. The van der Waals surface area contributed by atoms with E-state index in [4.69, 9.17) is 25.4 Å². The number of hydrogen-bond donors (Lipinski definition) is 7. The Labute approximate surface area is 218 Å². The molecule has 1 saturated heterocycles. The lowest BCUT2D eigenvalue weighted by atomic mass is 9.71. The van der Waals surface area contributed by atoms with Gasteiger partial charge in [0.1, 0.15) is 17.2 Å². The molecule has 204 valence electrons. The zero-order chi connectivity index (χ0) is 27.7. The van der Waals surface area contributed by atoms with Crippen LogP contribution < -0.4 is 10.5 Å².